The molecule has 22 heavy (non-hydrogen) atoms. The summed E-state index contributed by atoms with van der Waals surface area (Å²) in [6, 6.07) is 2.73. The van der Waals surface area contributed by atoms with Crippen LogP contribution in [-0.4, -0.2) is 30.1 Å². The van der Waals surface area contributed by atoms with E-state index in [2.05, 4.69) is 21.3 Å². The van der Waals surface area contributed by atoms with Crippen molar-refractivity contribution in [3.63, 3.8) is 0 Å². The zero-order valence-corrected chi connectivity index (χ0v) is 12.0. The van der Waals surface area contributed by atoms with Crippen LogP contribution in [0.1, 0.15) is 25.0 Å². The minimum atomic E-state index is -0.870. The smallest absolute Gasteiger partial charge is 0.322 e. The average molecular weight is 306 g/mol. The molecule has 1 saturated carbocycles. The van der Waals surface area contributed by atoms with Crippen molar-refractivity contribution in [3.8, 4) is 0 Å². The van der Waals surface area contributed by atoms with Gasteiger partial charge in [0.15, 0.2) is 0 Å². The third-order valence-electron chi connectivity index (χ3n) is 4.30. The summed E-state index contributed by atoms with van der Waals surface area (Å²) in [6.45, 7) is 0.629. The number of carbonyl (C=O) groups excluding carboxylic acids is 3. The van der Waals surface area contributed by atoms with Crippen molar-refractivity contribution in [1.29, 1.82) is 0 Å². The zero-order valence-electron chi connectivity index (χ0n) is 12.0. The van der Waals surface area contributed by atoms with E-state index in [9.17, 15) is 14.4 Å². The predicted molar refractivity (Wildman–Crippen MR) is 75.7 cm³/mol. The minimum Gasteiger partial charge on any atom is -0.467 e. The van der Waals surface area contributed by atoms with Crippen LogP contribution in [0.2, 0.25) is 0 Å². The Labute approximate surface area is 127 Å². The van der Waals surface area contributed by atoms with Gasteiger partial charge in [0.25, 0.3) is 5.91 Å². The molecule has 2 fully saturated rings. The molecule has 0 unspecified atom stereocenters. The molecule has 0 aromatic carbocycles. The number of nitrogens with one attached hydrogen (secondary N) is 4. The first-order valence-electron chi connectivity index (χ1n) is 7.28. The lowest BCUT2D eigenvalue weighted by Gasteiger charge is -2.28. The highest BCUT2D eigenvalue weighted by molar-refractivity contribution is 6.07. The first-order chi connectivity index (χ1) is 10.6. The van der Waals surface area contributed by atoms with Crippen LogP contribution >= 0.6 is 0 Å². The number of furan rings is 1. The lowest BCUT2D eigenvalue weighted by molar-refractivity contribution is -0.125. The van der Waals surface area contributed by atoms with Gasteiger partial charge in [0.05, 0.1) is 12.8 Å². The van der Waals surface area contributed by atoms with E-state index in [1.165, 1.54) is 0 Å². The fourth-order valence-electron chi connectivity index (χ4n) is 3.18. The Kier molecular flexibility index (Phi) is 3.74. The molecule has 1 spiro atoms. The van der Waals surface area contributed by atoms with Gasteiger partial charge in [0.2, 0.25) is 0 Å². The lowest BCUT2D eigenvalue weighted by atomic mass is 9.87. The third kappa shape index (κ3) is 2.63. The maximum Gasteiger partial charge on any atom is 0.322 e. The largest absolute Gasteiger partial charge is 0.467 e. The zero-order chi connectivity index (χ0) is 15.6. The fraction of sp³-hybridized carbons (Fsp3) is 0.500. The molecule has 1 aliphatic carbocycles. The second kappa shape index (κ2) is 5.70. The molecule has 8 heteroatoms. The van der Waals surface area contributed by atoms with E-state index in [-0.39, 0.29) is 17.9 Å². The molecule has 3 rings (SSSR count). The molecule has 118 valence electrons. The Morgan fingerprint density at radius 1 is 1.41 bits per heavy atom. The maximum absolute atomic E-state index is 12.0. The summed E-state index contributed by atoms with van der Waals surface area (Å²) in [5, 5.41) is 10.4. The quantitative estimate of drug-likeness (QED) is 0.605. The molecule has 2 heterocycles. The standard InChI is InChI=1S/C14H18N4O4/c19-11-14(18-13(21)17-11)5-1-3-9(14)7-15-12(20)16-8-10-4-2-6-22-10/h2,4,6,9H,1,3,5,7-8H2,(H2,15,16,20)(H2,17,18,19,21)/t9-,14+/m0/s1. The molecule has 2 aliphatic rings. The monoisotopic (exact) mass is 306 g/mol. The van der Waals surface area contributed by atoms with Crippen molar-refractivity contribution >= 4 is 18.0 Å². The molecule has 4 N–H and O–H groups in total. The summed E-state index contributed by atoms with van der Waals surface area (Å²) in [6.07, 6.45) is 3.77. The van der Waals surface area contributed by atoms with Crippen LogP contribution in [0.3, 0.4) is 0 Å². The molecular formula is C14H18N4O4. The number of carbonyl (C=O) groups is 3. The van der Waals surface area contributed by atoms with E-state index < -0.39 is 11.6 Å². The van der Waals surface area contributed by atoms with Crippen molar-refractivity contribution in [2.24, 2.45) is 5.92 Å². The first-order valence-corrected chi connectivity index (χ1v) is 7.28. The van der Waals surface area contributed by atoms with Crippen molar-refractivity contribution in [2.45, 2.75) is 31.3 Å². The molecule has 5 amide bonds. The predicted octanol–water partition coefficient (Wildman–Crippen LogP) is 0.457. The van der Waals surface area contributed by atoms with Crippen molar-refractivity contribution in [1.82, 2.24) is 21.3 Å². The minimum absolute atomic E-state index is 0.103. The van der Waals surface area contributed by atoms with Gasteiger partial charge in [-0.25, -0.2) is 9.59 Å². The summed E-state index contributed by atoms with van der Waals surface area (Å²) < 4.78 is 5.12. The van der Waals surface area contributed by atoms with Crippen LogP contribution in [0.25, 0.3) is 0 Å². The fourth-order valence-corrected chi connectivity index (χ4v) is 3.18. The van der Waals surface area contributed by atoms with Crippen LogP contribution in [0.5, 0.6) is 0 Å². The van der Waals surface area contributed by atoms with E-state index in [1.54, 1.807) is 18.4 Å². The Morgan fingerprint density at radius 2 is 2.27 bits per heavy atom. The van der Waals surface area contributed by atoms with Gasteiger partial charge in [-0.05, 0) is 25.0 Å². The van der Waals surface area contributed by atoms with Crippen LogP contribution in [0, 0.1) is 5.92 Å². The Hall–Kier alpha value is -2.51. The Morgan fingerprint density at radius 3 is 2.95 bits per heavy atom. The summed E-state index contributed by atoms with van der Waals surface area (Å²) in [4.78, 5) is 35.2. The van der Waals surface area contributed by atoms with Gasteiger partial charge in [-0.15, -0.1) is 0 Å². The van der Waals surface area contributed by atoms with E-state index in [4.69, 9.17) is 4.42 Å². The van der Waals surface area contributed by atoms with E-state index >= 15 is 0 Å². The molecule has 0 radical (unpaired) electrons. The van der Waals surface area contributed by atoms with E-state index in [1.807, 2.05) is 0 Å². The highest BCUT2D eigenvalue weighted by Gasteiger charge is 2.54. The molecule has 2 atom stereocenters. The average Bonchev–Trinajstić information content (AvgIpc) is 3.18. The van der Waals surface area contributed by atoms with E-state index in [0.717, 1.165) is 12.8 Å². The topological polar surface area (TPSA) is 112 Å². The second-order valence-corrected chi connectivity index (χ2v) is 5.61. The SMILES string of the molecule is O=C(NCc1ccco1)NC[C@@H]1CCC[C@@]12NC(=O)NC2=O. The number of hydrogen-bond acceptors (Lipinski definition) is 4. The van der Waals surface area contributed by atoms with Gasteiger partial charge >= 0.3 is 12.1 Å². The molecular weight excluding hydrogens is 288 g/mol. The summed E-state index contributed by atoms with van der Waals surface area (Å²) in [5.41, 5.74) is -0.870. The molecule has 0 bridgehead atoms. The maximum atomic E-state index is 12.0. The Bertz CT molecular complexity index is 586. The third-order valence-corrected chi connectivity index (χ3v) is 4.30. The highest BCUT2D eigenvalue weighted by Crippen LogP contribution is 2.37. The van der Waals surface area contributed by atoms with Gasteiger partial charge in [-0.3, -0.25) is 10.1 Å². The van der Waals surface area contributed by atoms with Gasteiger partial charge < -0.3 is 20.4 Å². The van der Waals surface area contributed by atoms with Crippen LogP contribution in [0.15, 0.2) is 22.8 Å². The van der Waals surface area contributed by atoms with Crippen molar-refractivity contribution in [2.75, 3.05) is 6.54 Å². The second-order valence-electron chi connectivity index (χ2n) is 5.61. The van der Waals surface area contributed by atoms with Crippen LogP contribution in [0.4, 0.5) is 9.59 Å². The number of imide groups is 1. The Balaban J connectivity index is 1.51. The number of rotatable bonds is 4. The normalized spacial score (nSPS) is 26.8. The van der Waals surface area contributed by atoms with Crippen molar-refractivity contribution in [3.05, 3.63) is 24.2 Å². The van der Waals surface area contributed by atoms with Crippen molar-refractivity contribution < 1.29 is 18.8 Å². The summed E-state index contributed by atoms with van der Waals surface area (Å²) >= 11 is 0. The molecule has 1 saturated heterocycles. The van der Waals surface area contributed by atoms with E-state index in [0.29, 0.717) is 25.3 Å². The van der Waals surface area contributed by atoms with Crippen LogP contribution in [-0.2, 0) is 11.3 Å². The van der Waals surface area contributed by atoms with Gasteiger partial charge in [-0.2, -0.15) is 0 Å². The van der Waals surface area contributed by atoms with Gasteiger partial charge in [0, 0.05) is 12.5 Å². The molecule has 8 nitrogen and oxygen atoms in total. The summed E-state index contributed by atoms with van der Waals surface area (Å²) in [5.74, 6) is 0.265. The number of amides is 5. The molecule has 1 aliphatic heterocycles. The van der Waals surface area contributed by atoms with Gasteiger partial charge in [-0.1, -0.05) is 6.42 Å². The highest BCUT2D eigenvalue weighted by atomic mass is 16.3. The first kappa shape index (κ1) is 14.4. The van der Waals surface area contributed by atoms with Crippen LogP contribution < -0.4 is 21.3 Å². The molecule has 1 aromatic rings. The van der Waals surface area contributed by atoms with Gasteiger partial charge in [0.1, 0.15) is 11.3 Å². The lowest BCUT2D eigenvalue weighted by Crippen LogP contribution is -2.53. The number of urea groups is 2. The molecule has 1 aromatic heterocycles. The summed E-state index contributed by atoms with van der Waals surface area (Å²) in [7, 11) is 0. The number of hydrogen-bond donors (Lipinski definition) is 4.